The van der Waals surface area contributed by atoms with Gasteiger partial charge in [0.05, 0.1) is 9.95 Å². The molecule has 0 aliphatic rings. The minimum Gasteiger partial charge on any atom is -0.276 e. The second-order valence-corrected chi connectivity index (χ2v) is 4.98. The number of carbonyl (C=O) groups excluding carboxylic acids is 1. The topological polar surface area (TPSA) is 102 Å². The van der Waals surface area contributed by atoms with E-state index in [0.29, 0.717) is 5.16 Å². The Balaban J connectivity index is 2.52. The monoisotopic (exact) mass is 318 g/mol. The molecule has 1 N–H and O–H groups in total. The molecule has 0 spiro atoms. The highest BCUT2D eigenvalue weighted by Crippen LogP contribution is 2.39. The fourth-order valence-corrected chi connectivity index (χ4v) is 2.49. The predicted molar refractivity (Wildman–Crippen MR) is 68.8 cm³/mol. The van der Waals surface area contributed by atoms with Crippen LogP contribution in [0.4, 0.5) is 5.69 Å². The smallest absolute Gasteiger partial charge is 0.276 e. The molecule has 0 amide bonds. The summed E-state index contributed by atoms with van der Waals surface area (Å²) < 4.78 is 0. The Hall–Kier alpha value is -1.64. The van der Waals surface area contributed by atoms with Crippen molar-refractivity contribution in [2.45, 2.75) is 10.1 Å². The molecule has 2 rings (SSSR count). The first-order valence-corrected chi connectivity index (χ1v) is 6.27. The number of nitrogens with one attached hydrogen (secondary N) is 1. The van der Waals surface area contributed by atoms with E-state index in [1.807, 2.05) is 0 Å². The van der Waals surface area contributed by atoms with E-state index in [1.54, 1.807) is 0 Å². The summed E-state index contributed by atoms with van der Waals surface area (Å²) in [6, 6.07) is 2.34. The first-order valence-electron chi connectivity index (χ1n) is 4.70. The van der Waals surface area contributed by atoms with Gasteiger partial charge in [0.2, 0.25) is 0 Å². The van der Waals surface area contributed by atoms with Crippen LogP contribution in [0.5, 0.6) is 0 Å². The summed E-state index contributed by atoms with van der Waals surface area (Å²) in [7, 11) is 0. The maximum atomic E-state index is 11.0. The van der Waals surface area contributed by atoms with Gasteiger partial charge in [0.15, 0.2) is 5.16 Å². The molecular formula is C9H4Cl2N4O3S. The second-order valence-electron chi connectivity index (χ2n) is 3.23. The maximum absolute atomic E-state index is 11.0. The number of hydrogen-bond acceptors (Lipinski definition) is 6. The number of nitrogens with zero attached hydrogens (tertiary/aromatic N) is 3. The Morgan fingerprint density at radius 1 is 1.47 bits per heavy atom. The van der Waals surface area contributed by atoms with E-state index in [9.17, 15) is 14.9 Å². The van der Waals surface area contributed by atoms with Crippen molar-refractivity contribution < 1.29 is 9.72 Å². The fraction of sp³-hybridized carbons (Fsp3) is 0. The lowest BCUT2D eigenvalue weighted by Gasteiger charge is -2.04. The number of carbonyl (C=O) groups is 1. The van der Waals surface area contributed by atoms with Crippen molar-refractivity contribution in [1.29, 1.82) is 0 Å². The van der Waals surface area contributed by atoms with Crippen LogP contribution in [0.15, 0.2) is 28.5 Å². The first kappa shape index (κ1) is 13.8. The molecule has 7 nitrogen and oxygen atoms in total. The van der Waals surface area contributed by atoms with Crippen LogP contribution in [0.2, 0.25) is 5.02 Å². The van der Waals surface area contributed by atoms with Crippen LogP contribution in [-0.4, -0.2) is 25.3 Å². The van der Waals surface area contributed by atoms with E-state index >= 15 is 0 Å². The van der Waals surface area contributed by atoms with Crippen LogP contribution in [0.1, 0.15) is 10.4 Å². The van der Waals surface area contributed by atoms with Crippen LogP contribution < -0.4 is 0 Å². The van der Waals surface area contributed by atoms with E-state index in [2.05, 4.69) is 15.2 Å². The molecule has 0 saturated heterocycles. The summed E-state index contributed by atoms with van der Waals surface area (Å²) in [4.78, 5) is 25.4. The molecule has 0 atom stereocenters. The highest BCUT2D eigenvalue weighted by molar-refractivity contribution is 7.99. The Labute approximate surface area is 120 Å². The van der Waals surface area contributed by atoms with E-state index in [1.165, 1.54) is 12.4 Å². The summed E-state index contributed by atoms with van der Waals surface area (Å²) in [6.07, 6.45) is 1.26. The molecule has 1 heterocycles. The number of aromatic nitrogens is 3. The zero-order valence-corrected chi connectivity index (χ0v) is 11.3. The molecule has 0 fully saturated rings. The third kappa shape index (κ3) is 3.03. The van der Waals surface area contributed by atoms with Gasteiger partial charge in [-0.15, -0.1) is 0 Å². The molecule has 2 aromatic rings. The summed E-state index contributed by atoms with van der Waals surface area (Å²) >= 11 is 12.2. The Morgan fingerprint density at radius 3 is 2.74 bits per heavy atom. The molecule has 0 unspecified atom stereocenters. The molecule has 19 heavy (non-hydrogen) atoms. The standard InChI is InChI=1S/C9H4Cl2N4O3S/c10-5-1-4(8(11)16)2-6(15(17)18)7(5)19-9-12-3-13-14-9/h1-3H,(H,12,13,14). The number of benzene rings is 1. The van der Waals surface area contributed by atoms with Gasteiger partial charge in [-0.05, 0) is 29.4 Å². The molecule has 98 valence electrons. The summed E-state index contributed by atoms with van der Waals surface area (Å²) in [5, 5.41) is 16.7. The molecule has 0 aliphatic heterocycles. The lowest BCUT2D eigenvalue weighted by Crippen LogP contribution is -1.97. The Kier molecular flexibility index (Phi) is 4.03. The Bertz CT molecular complexity index is 647. The molecule has 1 aromatic heterocycles. The van der Waals surface area contributed by atoms with E-state index in [0.717, 1.165) is 17.8 Å². The lowest BCUT2D eigenvalue weighted by atomic mass is 10.2. The number of hydrogen-bond donors (Lipinski definition) is 1. The van der Waals surface area contributed by atoms with Crippen LogP contribution >= 0.6 is 35.0 Å². The van der Waals surface area contributed by atoms with Gasteiger partial charge in [-0.3, -0.25) is 20.0 Å². The first-order chi connectivity index (χ1) is 8.99. The van der Waals surface area contributed by atoms with Crippen molar-refractivity contribution in [2.75, 3.05) is 0 Å². The average molecular weight is 319 g/mol. The SMILES string of the molecule is O=C(Cl)c1cc(Cl)c(Sc2ncn[nH]2)c([N+](=O)[O-])c1. The van der Waals surface area contributed by atoms with Crippen molar-refractivity contribution in [1.82, 2.24) is 15.2 Å². The number of H-pyrrole nitrogens is 1. The second kappa shape index (κ2) is 5.55. The molecule has 0 aliphatic carbocycles. The number of aromatic amines is 1. The quantitative estimate of drug-likeness (QED) is 0.528. The van der Waals surface area contributed by atoms with Gasteiger partial charge < -0.3 is 0 Å². The molecule has 0 radical (unpaired) electrons. The van der Waals surface area contributed by atoms with Gasteiger partial charge in [0, 0.05) is 11.6 Å². The highest BCUT2D eigenvalue weighted by atomic mass is 35.5. The normalized spacial score (nSPS) is 10.4. The molecule has 10 heteroatoms. The fourth-order valence-electron chi connectivity index (χ4n) is 1.27. The zero-order chi connectivity index (χ0) is 14.0. The summed E-state index contributed by atoms with van der Waals surface area (Å²) in [6.45, 7) is 0. The molecule has 0 bridgehead atoms. The molecule has 1 aromatic carbocycles. The van der Waals surface area contributed by atoms with Crippen molar-refractivity contribution in [2.24, 2.45) is 0 Å². The van der Waals surface area contributed by atoms with Gasteiger partial charge in [-0.2, -0.15) is 5.10 Å². The number of nitro benzene ring substituents is 1. The maximum Gasteiger partial charge on any atom is 0.285 e. The number of nitro groups is 1. The zero-order valence-electron chi connectivity index (χ0n) is 8.96. The lowest BCUT2D eigenvalue weighted by molar-refractivity contribution is -0.387. The predicted octanol–water partition coefficient (Wildman–Crippen LogP) is 2.90. The van der Waals surface area contributed by atoms with E-state index in [-0.39, 0.29) is 21.2 Å². The van der Waals surface area contributed by atoms with Crippen molar-refractivity contribution in [3.63, 3.8) is 0 Å². The molecule has 0 saturated carbocycles. The Morgan fingerprint density at radius 2 is 2.21 bits per heavy atom. The average Bonchev–Trinajstić information content (AvgIpc) is 2.83. The van der Waals surface area contributed by atoms with Gasteiger partial charge in [-0.25, -0.2) is 4.98 Å². The number of rotatable bonds is 4. The highest BCUT2D eigenvalue weighted by Gasteiger charge is 2.22. The van der Waals surface area contributed by atoms with Crippen LogP contribution in [-0.2, 0) is 0 Å². The minimum absolute atomic E-state index is 0.0413. The van der Waals surface area contributed by atoms with E-state index in [4.69, 9.17) is 23.2 Å². The number of halogens is 2. The third-order valence-electron chi connectivity index (χ3n) is 2.04. The van der Waals surface area contributed by atoms with Crippen molar-refractivity contribution >= 4 is 45.9 Å². The van der Waals surface area contributed by atoms with Crippen LogP contribution in [0.3, 0.4) is 0 Å². The third-order valence-corrected chi connectivity index (χ3v) is 3.69. The summed E-state index contributed by atoms with van der Waals surface area (Å²) in [5.41, 5.74) is -0.363. The minimum atomic E-state index is -0.818. The molecular weight excluding hydrogens is 315 g/mol. The summed E-state index contributed by atoms with van der Waals surface area (Å²) in [5.74, 6) is 0. The van der Waals surface area contributed by atoms with Crippen molar-refractivity contribution in [3.8, 4) is 0 Å². The van der Waals surface area contributed by atoms with Crippen molar-refractivity contribution in [3.05, 3.63) is 39.2 Å². The van der Waals surface area contributed by atoms with Gasteiger partial charge in [0.25, 0.3) is 10.9 Å². The van der Waals surface area contributed by atoms with Gasteiger partial charge in [0.1, 0.15) is 11.2 Å². The van der Waals surface area contributed by atoms with E-state index < -0.39 is 10.2 Å². The van der Waals surface area contributed by atoms with Crippen LogP contribution in [0.25, 0.3) is 0 Å². The van der Waals surface area contributed by atoms with Gasteiger partial charge >= 0.3 is 0 Å². The van der Waals surface area contributed by atoms with Crippen LogP contribution in [0, 0.1) is 10.1 Å². The van der Waals surface area contributed by atoms with Gasteiger partial charge in [-0.1, -0.05) is 11.6 Å². The largest absolute Gasteiger partial charge is 0.285 e.